The van der Waals surface area contributed by atoms with Crippen molar-refractivity contribution < 1.29 is 0 Å². The molecular formula is C13H19NS. The highest BCUT2D eigenvalue weighted by atomic mass is 32.2. The molecule has 1 aromatic carbocycles. The van der Waals surface area contributed by atoms with Crippen molar-refractivity contribution in [3.05, 3.63) is 35.9 Å². The summed E-state index contributed by atoms with van der Waals surface area (Å²) in [6.45, 7) is 2.40. The summed E-state index contributed by atoms with van der Waals surface area (Å²) in [5.41, 5.74) is 1.45. The maximum absolute atomic E-state index is 3.51. The van der Waals surface area contributed by atoms with Crippen LogP contribution in [0, 0.1) is 0 Å². The van der Waals surface area contributed by atoms with Crippen LogP contribution in [-0.4, -0.2) is 18.3 Å². The van der Waals surface area contributed by atoms with Crippen LogP contribution in [0.15, 0.2) is 30.3 Å². The van der Waals surface area contributed by atoms with Gasteiger partial charge in [-0.2, -0.15) is 11.8 Å². The van der Waals surface area contributed by atoms with Crippen molar-refractivity contribution in [1.29, 1.82) is 0 Å². The molecule has 1 saturated heterocycles. The van der Waals surface area contributed by atoms with Gasteiger partial charge in [-0.05, 0) is 24.9 Å². The second kappa shape index (κ2) is 6.19. The van der Waals surface area contributed by atoms with Gasteiger partial charge in [0.25, 0.3) is 0 Å². The zero-order valence-corrected chi connectivity index (χ0v) is 9.93. The quantitative estimate of drug-likeness (QED) is 0.842. The molecule has 0 aromatic heterocycles. The lowest BCUT2D eigenvalue weighted by atomic mass is 10.2. The van der Waals surface area contributed by atoms with Crippen LogP contribution in [0.3, 0.4) is 0 Å². The van der Waals surface area contributed by atoms with Crippen molar-refractivity contribution in [1.82, 2.24) is 5.32 Å². The van der Waals surface area contributed by atoms with Gasteiger partial charge in [0.05, 0.1) is 0 Å². The molecule has 1 N–H and O–H groups in total. The molecular weight excluding hydrogens is 202 g/mol. The molecule has 2 heteroatoms. The maximum Gasteiger partial charge on any atom is 0.0187 e. The Kier molecular flexibility index (Phi) is 4.55. The second-order valence-corrected chi connectivity index (χ2v) is 5.41. The first-order chi connectivity index (χ1) is 7.45. The molecule has 0 aliphatic carbocycles. The molecule has 1 unspecified atom stereocenters. The molecule has 0 bridgehead atoms. The molecule has 82 valence electrons. The van der Waals surface area contributed by atoms with Gasteiger partial charge in [0.1, 0.15) is 0 Å². The Morgan fingerprint density at radius 2 is 2.07 bits per heavy atom. The smallest absolute Gasteiger partial charge is 0.0187 e. The highest BCUT2D eigenvalue weighted by Crippen LogP contribution is 2.22. The Labute approximate surface area is 96.7 Å². The molecule has 2 rings (SSSR count). The fourth-order valence-corrected chi connectivity index (χ4v) is 3.11. The average Bonchev–Trinajstić information content (AvgIpc) is 2.56. The van der Waals surface area contributed by atoms with Gasteiger partial charge in [-0.25, -0.2) is 0 Å². The molecule has 0 saturated carbocycles. The van der Waals surface area contributed by atoms with Gasteiger partial charge in [-0.15, -0.1) is 0 Å². The van der Waals surface area contributed by atoms with Crippen LogP contribution in [0.2, 0.25) is 0 Å². The number of benzene rings is 1. The minimum Gasteiger partial charge on any atom is -0.316 e. The van der Waals surface area contributed by atoms with E-state index in [4.69, 9.17) is 0 Å². The highest BCUT2D eigenvalue weighted by molar-refractivity contribution is 7.99. The van der Waals surface area contributed by atoms with Crippen molar-refractivity contribution in [2.45, 2.75) is 30.3 Å². The number of rotatable bonds is 3. The number of nitrogens with one attached hydrogen (secondary N) is 1. The second-order valence-electron chi connectivity index (χ2n) is 4.12. The van der Waals surface area contributed by atoms with Crippen LogP contribution in [0.1, 0.15) is 24.8 Å². The summed E-state index contributed by atoms with van der Waals surface area (Å²) in [5.74, 6) is 1.16. The zero-order valence-electron chi connectivity index (χ0n) is 9.11. The topological polar surface area (TPSA) is 12.0 Å². The first-order valence-corrected chi connectivity index (χ1v) is 6.86. The Bertz CT molecular complexity index is 265. The molecule has 15 heavy (non-hydrogen) atoms. The minimum absolute atomic E-state index is 0.813. The normalized spacial score (nSPS) is 22.3. The predicted octanol–water partition coefficient (Wildman–Crippen LogP) is 3.06. The lowest BCUT2D eigenvalue weighted by Gasteiger charge is -2.13. The van der Waals surface area contributed by atoms with Crippen molar-refractivity contribution in [2.75, 3.05) is 13.1 Å². The molecule has 1 nitrogen and oxygen atoms in total. The van der Waals surface area contributed by atoms with Crippen LogP contribution in [0.4, 0.5) is 0 Å². The van der Waals surface area contributed by atoms with Gasteiger partial charge in [0.15, 0.2) is 0 Å². The van der Waals surface area contributed by atoms with Gasteiger partial charge < -0.3 is 5.32 Å². The van der Waals surface area contributed by atoms with Crippen LogP contribution >= 0.6 is 11.8 Å². The summed E-state index contributed by atoms with van der Waals surface area (Å²) in [7, 11) is 0. The molecule has 1 aliphatic rings. The molecule has 0 amide bonds. The molecule has 1 atom stereocenters. The van der Waals surface area contributed by atoms with Crippen LogP contribution < -0.4 is 5.32 Å². The zero-order chi connectivity index (χ0) is 10.3. The summed E-state index contributed by atoms with van der Waals surface area (Å²) in [6.07, 6.45) is 4.12. The third kappa shape index (κ3) is 3.88. The minimum atomic E-state index is 0.813. The molecule has 1 fully saturated rings. The van der Waals surface area contributed by atoms with Crippen molar-refractivity contribution in [3.63, 3.8) is 0 Å². The summed E-state index contributed by atoms with van der Waals surface area (Å²) in [6, 6.07) is 10.8. The Hall–Kier alpha value is -0.470. The summed E-state index contributed by atoms with van der Waals surface area (Å²) >= 11 is 2.10. The van der Waals surface area contributed by atoms with E-state index in [-0.39, 0.29) is 0 Å². The Morgan fingerprint density at radius 1 is 1.20 bits per heavy atom. The fraction of sp³-hybridized carbons (Fsp3) is 0.538. The van der Waals surface area contributed by atoms with E-state index in [1.54, 1.807) is 0 Å². The highest BCUT2D eigenvalue weighted by Gasteiger charge is 2.11. The van der Waals surface area contributed by atoms with E-state index in [9.17, 15) is 0 Å². The van der Waals surface area contributed by atoms with Crippen LogP contribution in [0.5, 0.6) is 0 Å². The van der Waals surface area contributed by atoms with Gasteiger partial charge in [-0.1, -0.05) is 36.8 Å². The summed E-state index contributed by atoms with van der Waals surface area (Å²) in [5, 5.41) is 4.33. The fourth-order valence-electron chi connectivity index (χ4n) is 1.92. The number of hydrogen-bond donors (Lipinski definition) is 1. The van der Waals surface area contributed by atoms with Gasteiger partial charge >= 0.3 is 0 Å². The van der Waals surface area contributed by atoms with E-state index in [2.05, 4.69) is 47.4 Å². The van der Waals surface area contributed by atoms with E-state index in [0.717, 1.165) is 11.0 Å². The largest absolute Gasteiger partial charge is 0.316 e. The van der Waals surface area contributed by atoms with E-state index in [0.29, 0.717) is 0 Å². The third-order valence-electron chi connectivity index (χ3n) is 2.83. The lowest BCUT2D eigenvalue weighted by Crippen LogP contribution is -2.22. The number of hydrogen-bond acceptors (Lipinski definition) is 2. The molecule has 1 aromatic rings. The SMILES string of the molecule is c1ccc(CSC2CCCCNC2)cc1. The first-order valence-electron chi connectivity index (χ1n) is 5.81. The molecule has 0 spiro atoms. The Morgan fingerprint density at radius 3 is 2.93 bits per heavy atom. The van der Waals surface area contributed by atoms with E-state index in [1.165, 1.54) is 37.9 Å². The van der Waals surface area contributed by atoms with Crippen molar-refractivity contribution >= 4 is 11.8 Å². The lowest BCUT2D eigenvalue weighted by molar-refractivity contribution is 0.706. The van der Waals surface area contributed by atoms with Crippen molar-refractivity contribution in [3.8, 4) is 0 Å². The van der Waals surface area contributed by atoms with Crippen molar-refractivity contribution in [2.24, 2.45) is 0 Å². The van der Waals surface area contributed by atoms with E-state index >= 15 is 0 Å². The third-order valence-corrected chi connectivity index (χ3v) is 4.20. The Balaban J connectivity index is 1.77. The maximum atomic E-state index is 3.51. The van der Waals surface area contributed by atoms with Gasteiger partial charge in [0.2, 0.25) is 0 Å². The van der Waals surface area contributed by atoms with E-state index in [1.807, 2.05) is 0 Å². The van der Waals surface area contributed by atoms with Gasteiger partial charge in [0, 0.05) is 17.5 Å². The monoisotopic (exact) mass is 221 g/mol. The number of thioether (sulfide) groups is 1. The summed E-state index contributed by atoms with van der Waals surface area (Å²) < 4.78 is 0. The molecule has 1 heterocycles. The average molecular weight is 221 g/mol. The standard InChI is InChI=1S/C13H19NS/c1-2-6-12(7-3-1)11-15-13-8-4-5-9-14-10-13/h1-3,6-7,13-14H,4-5,8-11H2. The molecule has 1 aliphatic heterocycles. The van der Waals surface area contributed by atoms with Crippen LogP contribution in [-0.2, 0) is 5.75 Å². The van der Waals surface area contributed by atoms with Gasteiger partial charge in [-0.3, -0.25) is 0 Å². The van der Waals surface area contributed by atoms with Crippen LogP contribution in [0.25, 0.3) is 0 Å². The first kappa shape index (κ1) is 11.0. The predicted molar refractivity (Wildman–Crippen MR) is 68.2 cm³/mol. The van der Waals surface area contributed by atoms with E-state index < -0.39 is 0 Å². The molecule has 0 radical (unpaired) electrons. The summed E-state index contributed by atoms with van der Waals surface area (Å²) in [4.78, 5) is 0.